The Bertz CT molecular complexity index is 4150. The summed E-state index contributed by atoms with van der Waals surface area (Å²) in [5.41, 5.74) is 20.2. The zero-order chi connectivity index (χ0) is 44.7. The van der Waals surface area contributed by atoms with Crippen LogP contribution in [0.1, 0.15) is 0 Å². The maximum Gasteiger partial charge on any atom is 0.137 e. The van der Waals surface area contributed by atoms with Gasteiger partial charge in [-0.3, -0.25) is 0 Å². The largest absolute Gasteiger partial charge is 0.456 e. The maximum atomic E-state index is 6.44. The molecule has 0 saturated heterocycles. The quantitative estimate of drug-likeness (QED) is 0.173. The first-order valence-corrected chi connectivity index (χ1v) is 23.2. The summed E-state index contributed by atoms with van der Waals surface area (Å²) in [5.74, 6) is 0. The molecular weight excluding hydrogens is 827 g/mol. The lowest BCUT2D eigenvalue weighted by atomic mass is 9.94. The molecule has 1 N–H and O–H groups in total. The third kappa shape index (κ3) is 6.08. The Balaban J connectivity index is 0.863. The number of hydrogen-bond donors (Lipinski definition) is 1. The SMILES string of the molecule is c1ccc(-c2c3ccccc3n3c2c(-c2ccc(-c4cccc(-c5cccc(N(c6ccc7c(c6)[nH]c6ccccc67)c6ccc7c(c6)oc6ccccc67)c5)c4)cc2)cc2ccccc23)cc1. The molecule has 10 aromatic carbocycles. The number of aromatic amines is 1. The number of rotatable bonds is 7. The van der Waals surface area contributed by atoms with E-state index < -0.39 is 0 Å². The van der Waals surface area contributed by atoms with Crippen LogP contribution >= 0.6 is 0 Å². The van der Waals surface area contributed by atoms with Gasteiger partial charge in [-0.05, 0) is 112 Å². The standard InChI is InChI=1S/C64H41N3O/c1-2-14-43(15-3-1)63-55-23-6-10-26-60(55)67-59-25-9-4-16-47(59)38-56(64(63)67)42-30-28-41(29-31-42)44-17-12-18-45(36-44)46-19-13-20-48(37-46)66(49-32-34-52-51-21-5-8-24-57(51)65-58(52)39-49)50-33-35-54-53-22-7-11-27-61(53)68-62(54)40-50/h1-40,65H. The third-order valence-corrected chi connectivity index (χ3v) is 13.9. The number of aromatic nitrogens is 2. The van der Waals surface area contributed by atoms with Gasteiger partial charge in [0.25, 0.3) is 0 Å². The molecule has 4 heteroatoms. The van der Waals surface area contributed by atoms with E-state index in [4.69, 9.17) is 4.42 Å². The Morgan fingerprint density at radius 3 is 1.78 bits per heavy atom. The van der Waals surface area contributed by atoms with Crippen molar-refractivity contribution < 1.29 is 4.42 Å². The van der Waals surface area contributed by atoms with Crippen molar-refractivity contribution in [2.45, 2.75) is 0 Å². The summed E-state index contributed by atoms with van der Waals surface area (Å²) >= 11 is 0. The fourth-order valence-corrected chi connectivity index (χ4v) is 10.7. The molecule has 14 rings (SSSR count). The Labute approximate surface area is 392 Å². The predicted octanol–water partition coefficient (Wildman–Crippen LogP) is 17.9. The molecular formula is C64H41N3O. The first-order valence-electron chi connectivity index (χ1n) is 23.2. The third-order valence-electron chi connectivity index (χ3n) is 13.9. The van der Waals surface area contributed by atoms with Gasteiger partial charge < -0.3 is 18.7 Å². The maximum absolute atomic E-state index is 6.44. The molecule has 0 saturated carbocycles. The van der Waals surface area contributed by atoms with Gasteiger partial charge in [-0.1, -0.05) is 164 Å². The average Bonchev–Trinajstić information content (AvgIpc) is 4.09. The molecule has 14 aromatic rings. The topological polar surface area (TPSA) is 36.6 Å². The fraction of sp³-hybridized carbons (Fsp3) is 0. The van der Waals surface area contributed by atoms with E-state index in [1.165, 1.54) is 65.9 Å². The van der Waals surface area contributed by atoms with Gasteiger partial charge in [-0.2, -0.15) is 0 Å². The lowest BCUT2D eigenvalue weighted by Gasteiger charge is -2.26. The molecule has 0 bridgehead atoms. The van der Waals surface area contributed by atoms with Crippen LogP contribution in [-0.2, 0) is 0 Å². The van der Waals surface area contributed by atoms with E-state index in [2.05, 4.69) is 245 Å². The lowest BCUT2D eigenvalue weighted by Crippen LogP contribution is -2.10. The summed E-state index contributed by atoms with van der Waals surface area (Å²) in [6.07, 6.45) is 0. The first kappa shape index (κ1) is 38.2. The zero-order valence-corrected chi connectivity index (χ0v) is 36.9. The minimum atomic E-state index is 0.860. The molecule has 0 unspecified atom stereocenters. The molecule has 0 aliphatic rings. The highest BCUT2D eigenvalue weighted by molar-refractivity contribution is 6.14. The van der Waals surface area contributed by atoms with Crippen LogP contribution in [0.25, 0.3) is 116 Å². The van der Waals surface area contributed by atoms with Crippen molar-refractivity contribution >= 4 is 88.1 Å². The van der Waals surface area contributed by atoms with Gasteiger partial charge in [0.2, 0.25) is 0 Å². The van der Waals surface area contributed by atoms with Crippen molar-refractivity contribution in [1.29, 1.82) is 0 Å². The van der Waals surface area contributed by atoms with Gasteiger partial charge in [-0.25, -0.2) is 0 Å². The molecule has 4 heterocycles. The van der Waals surface area contributed by atoms with Gasteiger partial charge >= 0.3 is 0 Å². The highest BCUT2D eigenvalue weighted by atomic mass is 16.3. The lowest BCUT2D eigenvalue weighted by molar-refractivity contribution is 0.669. The second-order valence-corrected chi connectivity index (χ2v) is 17.8. The number of para-hydroxylation sites is 4. The number of anilines is 3. The number of pyridine rings is 1. The molecule has 68 heavy (non-hydrogen) atoms. The van der Waals surface area contributed by atoms with Crippen LogP contribution in [0.3, 0.4) is 0 Å². The second-order valence-electron chi connectivity index (χ2n) is 17.8. The summed E-state index contributed by atoms with van der Waals surface area (Å²) in [5, 5.41) is 7.11. The van der Waals surface area contributed by atoms with Crippen LogP contribution < -0.4 is 4.90 Å². The molecule has 4 aromatic heterocycles. The van der Waals surface area contributed by atoms with E-state index in [0.717, 1.165) is 66.7 Å². The molecule has 0 amide bonds. The van der Waals surface area contributed by atoms with Crippen LogP contribution in [0.2, 0.25) is 0 Å². The van der Waals surface area contributed by atoms with Gasteiger partial charge in [0, 0.05) is 72.2 Å². The zero-order valence-electron chi connectivity index (χ0n) is 36.9. The second kappa shape index (κ2) is 15.2. The molecule has 0 fully saturated rings. The van der Waals surface area contributed by atoms with E-state index >= 15 is 0 Å². The number of fused-ring (bicyclic) bond motifs is 11. The Morgan fingerprint density at radius 2 is 0.926 bits per heavy atom. The number of furan rings is 1. The Hall–Kier alpha value is -9.12. The predicted molar refractivity (Wildman–Crippen MR) is 285 cm³/mol. The smallest absolute Gasteiger partial charge is 0.137 e. The summed E-state index contributed by atoms with van der Waals surface area (Å²) in [7, 11) is 0. The molecule has 0 atom stereocenters. The Kier molecular flexibility index (Phi) is 8.55. The van der Waals surface area contributed by atoms with E-state index in [9.17, 15) is 0 Å². The normalized spacial score (nSPS) is 11.8. The van der Waals surface area contributed by atoms with E-state index in [1.54, 1.807) is 0 Å². The molecule has 0 aliphatic heterocycles. The Morgan fingerprint density at radius 1 is 0.338 bits per heavy atom. The first-order chi connectivity index (χ1) is 33.7. The molecule has 318 valence electrons. The summed E-state index contributed by atoms with van der Waals surface area (Å²) in [6, 6.07) is 87.8. The van der Waals surface area contributed by atoms with Crippen molar-refractivity contribution in [1.82, 2.24) is 9.38 Å². The van der Waals surface area contributed by atoms with Gasteiger partial charge in [0.1, 0.15) is 11.2 Å². The number of nitrogens with zero attached hydrogens (tertiary/aromatic N) is 2. The number of H-pyrrole nitrogens is 1. The van der Waals surface area contributed by atoms with Gasteiger partial charge in [0.05, 0.1) is 16.6 Å². The fourth-order valence-electron chi connectivity index (χ4n) is 10.7. The van der Waals surface area contributed by atoms with Crippen LogP contribution in [-0.4, -0.2) is 9.38 Å². The van der Waals surface area contributed by atoms with Gasteiger partial charge in [-0.15, -0.1) is 0 Å². The molecule has 0 spiro atoms. The van der Waals surface area contributed by atoms with Crippen LogP contribution in [0.4, 0.5) is 17.1 Å². The van der Waals surface area contributed by atoms with Crippen LogP contribution in [0.5, 0.6) is 0 Å². The molecule has 0 aliphatic carbocycles. The summed E-state index contributed by atoms with van der Waals surface area (Å²) in [6.45, 7) is 0. The summed E-state index contributed by atoms with van der Waals surface area (Å²) < 4.78 is 8.91. The van der Waals surface area contributed by atoms with E-state index in [1.807, 2.05) is 12.1 Å². The highest BCUT2D eigenvalue weighted by Crippen LogP contribution is 2.45. The van der Waals surface area contributed by atoms with E-state index in [0.29, 0.717) is 0 Å². The van der Waals surface area contributed by atoms with E-state index in [-0.39, 0.29) is 0 Å². The van der Waals surface area contributed by atoms with Gasteiger partial charge in [0.15, 0.2) is 0 Å². The summed E-state index contributed by atoms with van der Waals surface area (Å²) in [4.78, 5) is 6.02. The number of benzene rings is 10. The molecule has 0 radical (unpaired) electrons. The minimum Gasteiger partial charge on any atom is -0.456 e. The van der Waals surface area contributed by atoms with Crippen molar-refractivity contribution in [2.75, 3.05) is 4.90 Å². The van der Waals surface area contributed by atoms with Crippen molar-refractivity contribution in [2.24, 2.45) is 0 Å². The average molecular weight is 868 g/mol. The van der Waals surface area contributed by atoms with Crippen molar-refractivity contribution in [3.63, 3.8) is 0 Å². The monoisotopic (exact) mass is 867 g/mol. The highest BCUT2D eigenvalue weighted by Gasteiger charge is 2.21. The van der Waals surface area contributed by atoms with Crippen LogP contribution in [0.15, 0.2) is 247 Å². The minimum absolute atomic E-state index is 0.860. The number of nitrogens with one attached hydrogen (secondary N) is 1. The molecule has 4 nitrogen and oxygen atoms in total. The van der Waals surface area contributed by atoms with Crippen LogP contribution in [0, 0.1) is 0 Å². The van der Waals surface area contributed by atoms with Crippen molar-refractivity contribution in [3.05, 3.63) is 243 Å². The van der Waals surface area contributed by atoms with Crippen molar-refractivity contribution in [3.8, 4) is 44.5 Å². The number of hydrogen-bond acceptors (Lipinski definition) is 2.